The highest BCUT2D eigenvalue weighted by Gasteiger charge is 2.30. The summed E-state index contributed by atoms with van der Waals surface area (Å²) >= 11 is 0. The summed E-state index contributed by atoms with van der Waals surface area (Å²) < 4.78 is 68.0. The first kappa shape index (κ1) is 83.5. The molecule has 0 aliphatic rings. The Labute approximate surface area is 522 Å². The van der Waals surface area contributed by atoms with Crippen LogP contribution in [0.1, 0.15) is 323 Å². The highest BCUT2D eigenvalue weighted by molar-refractivity contribution is 7.47. The van der Waals surface area contributed by atoms with Crippen molar-refractivity contribution in [2.45, 2.75) is 341 Å². The van der Waals surface area contributed by atoms with Crippen LogP contribution in [0.3, 0.4) is 0 Å². The average molecular weight is 1270 g/mol. The first-order valence-electron chi connectivity index (χ1n) is 34.6. The summed E-state index contributed by atoms with van der Waals surface area (Å²) in [5.74, 6) is -2.16. The molecule has 0 aromatic heterocycles. The molecule has 86 heavy (non-hydrogen) atoms. The molecule has 0 heterocycles. The fraction of sp³-hybridized carbons (Fsp3) is 0.881. The molecule has 5 atom stereocenters. The zero-order valence-corrected chi connectivity index (χ0v) is 56.6. The normalized spacial score (nSPS) is 14.3. The standard InChI is InChI=1S/C67H126O17P2/c1-5-9-13-17-21-24-26-28-30-32-34-37-40-44-48-52-65(70)78-58-63(84-67(72)54-50-46-42-38-35-33-31-29-27-25-22-18-14-10-6-2)60-82-86(75,76)80-56-61(68)55-79-85(73,74)81-59-62(57-77-64(69)51-47-43-39-20-16-12-8-4)83-66(71)53-49-45-41-36-23-19-15-11-7-3/h25,27,29,31,61-63,68H,5-24,26,28,30,32-60H2,1-4H3,(H,73,74)(H,75,76)/b27-25-,31-29-/t61-,62+,63+/m0/s1. The Morgan fingerprint density at radius 2 is 0.558 bits per heavy atom. The summed E-state index contributed by atoms with van der Waals surface area (Å²) in [7, 11) is -9.90. The molecule has 17 nitrogen and oxygen atoms in total. The van der Waals surface area contributed by atoms with Crippen LogP contribution in [-0.2, 0) is 65.4 Å². The van der Waals surface area contributed by atoms with Gasteiger partial charge in [-0.3, -0.25) is 37.3 Å². The minimum Gasteiger partial charge on any atom is -0.462 e. The van der Waals surface area contributed by atoms with E-state index in [9.17, 15) is 43.2 Å². The fourth-order valence-corrected chi connectivity index (χ4v) is 11.2. The summed E-state index contributed by atoms with van der Waals surface area (Å²) in [6.07, 6.45) is 50.9. The number of hydrogen-bond acceptors (Lipinski definition) is 15. The van der Waals surface area contributed by atoms with Crippen LogP contribution in [0, 0.1) is 0 Å². The number of phosphoric acid groups is 2. The maximum atomic E-state index is 13.0. The van der Waals surface area contributed by atoms with Crippen molar-refractivity contribution in [3.8, 4) is 0 Å². The maximum Gasteiger partial charge on any atom is 0.472 e. The summed E-state index contributed by atoms with van der Waals surface area (Å²) in [5, 5.41) is 10.5. The van der Waals surface area contributed by atoms with E-state index < -0.39 is 97.5 Å². The largest absolute Gasteiger partial charge is 0.472 e. The lowest BCUT2D eigenvalue weighted by Crippen LogP contribution is -2.30. The van der Waals surface area contributed by atoms with Crippen LogP contribution >= 0.6 is 15.6 Å². The number of aliphatic hydroxyl groups is 1. The van der Waals surface area contributed by atoms with Crippen LogP contribution in [0.2, 0.25) is 0 Å². The van der Waals surface area contributed by atoms with Gasteiger partial charge in [-0.15, -0.1) is 0 Å². The lowest BCUT2D eigenvalue weighted by Gasteiger charge is -2.21. The van der Waals surface area contributed by atoms with E-state index >= 15 is 0 Å². The van der Waals surface area contributed by atoms with Gasteiger partial charge in [-0.05, 0) is 51.4 Å². The lowest BCUT2D eigenvalue weighted by molar-refractivity contribution is -0.161. The third-order valence-electron chi connectivity index (χ3n) is 15.0. The Bertz CT molecular complexity index is 1750. The van der Waals surface area contributed by atoms with E-state index in [2.05, 4.69) is 52.0 Å². The molecule has 2 unspecified atom stereocenters. The van der Waals surface area contributed by atoms with E-state index in [-0.39, 0.29) is 25.7 Å². The molecule has 0 aliphatic heterocycles. The van der Waals surface area contributed by atoms with Crippen molar-refractivity contribution in [1.82, 2.24) is 0 Å². The highest BCUT2D eigenvalue weighted by Crippen LogP contribution is 2.45. The van der Waals surface area contributed by atoms with Gasteiger partial charge in [0.05, 0.1) is 26.4 Å². The molecule has 0 radical (unpaired) electrons. The number of aliphatic hydroxyl groups excluding tert-OH is 1. The number of carbonyl (C=O) groups is 4. The number of unbranched alkanes of at least 4 members (excludes halogenated alkanes) is 37. The maximum absolute atomic E-state index is 13.0. The third-order valence-corrected chi connectivity index (χ3v) is 16.9. The molecule has 0 fully saturated rings. The van der Waals surface area contributed by atoms with Gasteiger partial charge in [0.1, 0.15) is 19.3 Å². The van der Waals surface area contributed by atoms with Crippen LogP contribution < -0.4 is 0 Å². The summed E-state index contributed by atoms with van der Waals surface area (Å²) in [4.78, 5) is 72.2. The number of hydrogen-bond donors (Lipinski definition) is 3. The zero-order valence-electron chi connectivity index (χ0n) is 54.8. The molecule has 0 aromatic carbocycles. The number of ether oxygens (including phenoxy) is 4. The van der Waals surface area contributed by atoms with Gasteiger partial charge in [0.2, 0.25) is 0 Å². The summed E-state index contributed by atoms with van der Waals surface area (Å²) in [6.45, 7) is 4.80. The number of esters is 4. The molecule has 0 saturated carbocycles. The van der Waals surface area contributed by atoms with Crippen LogP contribution in [0.25, 0.3) is 0 Å². The molecule has 0 aliphatic carbocycles. The first-order valence-corrected chi connectivity index (χ1v) is 37.6. The van der Waals surface area contributed by atoms with Gasteiger partial charge in [0, 0.05) is 25.7 Å². The van der Waals surface area contributed by atoms with Crippen molar-refractivity contribution in [2.24, 2.45) is 0 Å². The number of rotatable bonds is 66. The lowest BCUT2D eigenvalue weighted by atomic mass is 10.0. The van der Waals surface area contributed by atoms with Crippen molar-refractivity contribution in [3.05, 3.63) is 24.3 Å². The molecule has 0 saturated heterocycles. The molecule has 19 heteroatoms. The van der Waals surface area contributed by atoms with Gasteiger partial charge in [-0.2, -0.15) is 0 Å². The quantitative estimate of drug-likeness (QED) is 0.0169. The number of allylic oxidation sites excluding steroid dienone is 4. The molecular formula is C67H126O17P2. The van der Waals surface area contributed by atoms with Gasteiger partial charge in [-0.1, -0.05) is 270 Å². The van der Waals surface area contributed by atoms with Crippen molar-refractivity contribution < 1.29 is 80.2 Å². The van der Waals surface area contributed by atoms with E-state index in [1.165, 1.54) is 128 Å². The van der Waals surface area contributed by atoms with E-state index in [1.54, 1.807) is 0 Å². The first-order chi connectivity index (χ1) is 41.7. The molecule has 0 spiro atoms. The molecule has 506 valence electrons. The van der Waals surface area contributed by atoms with E-state index in [0.717, 1.165) is 116 Å². The van der Waals surface area contributed by atoms with Crippen molar-refractivity contribution in [1.29, 1.82) is 0 Å². The SMILES string of the molecule is CCCCCC/C=C\C=C/CCCCCCCC(=O)O[C@H](COC(=O)CCCCCCCCCCCCCCCCC)COP(=O)(O)OC[C@@H](O)COP(=O)(O)OC[C@@H](COC(=O)CCCCCCCCC)OC(=O)CCCCCCCCCCC. The van der Waals surface area contributed by atoms with E-state index in [4.69, 9.17) is 37.0 Å². The molecule has 0 amide bonds. The topological polar surface area (TPSA) is 237 Å². The second kappa shape index (κ2) is 61.4. The fourth-order valence-electron chi connectivity index (χ4n) is 9.62. The molecule has 0 aromatic rings. The van der Waals surface area contributed by atoms with Gasteiger partial charge in [-0.25, -0.2) is 9.13 Å². The van der Waals surface area contributed by atoms with Crippen LogP contribution in [-0.4, -0.2) is 96.7 Å². The molecule has 0 rings (SSSR count). The van der Waals surface area contributed by atoms with Gasteiger partial charge >= 0.3 is 39.5 Å². The second-order valence-corrected chi connectivity index (χ2v) is 26.4. The Morgan fingerprint density at radius 3 is 0.849 bits per heavy atom. The van der Waals surface area contributed by atoms with Crippen molar-refractivity contribution in [2.75, 3.05) is 39.6 Å². The van der Waals surface area contributed by atoms with Gasteiger partial charge in [0.25, 0.3) is 0 Å². The van der Waals surface area contributed by atoms with Crippen LogP contribution in [0.4, 0.5) is 0 Å². The second-order valence-electron chi connectivity index (χ2n) is 23.5. The monoisotopic (exact) mass is 1260 g/mol. The van der Waals surface area contributed by atoms with Crippen molar-refractivity contribution in [3.63, 3.8) is 0 Å². The Hall–Kier alpha value is -2.46. The van der Waals surface area contributed by atoms with Crippen molar-refractivity contribution >= 4 is 39.5 Å². The van der Waals surface area contributed by atoms with Crippen LogP contribution in [0.15, 0.2) is 24.3 Å². The zero-order chi connectivity index (χ0) is 63.3. The molecule has 0 bridgehead atoms. The predicted octanol–water partition coefficient (Wildman–Crippen LogP) is 18.7. The van der Waals surface area contributed by atoms with E-state index in [0.29, 0.717) is 25.7 Å². The smallest absolute Gasteiger partial charge is 0.462 e. The van der Waals surface area contributed by atoms with Crippen LogP contribution in [0.5, 0.6) is 0 Å². The predicted molar refractivity (Wildman–Crippen MR) is 345 cm³/mol. The Balaban J connectivity index is 5.23. The Morgan fingerprint density at radius 1 is 0.326 bits per heavy atom. The average Bonchev–Trinajstić information content (AvgIpc) is 3.64. The Kier molecular flexibility index (Phi) is 59.6. The minimum atomic E-state index is -4.95. The van der Waals surface area contributed by atoms with E-state index in [1.807, 2.05) is 0 Å². The molecular weight excluding hydrogens is 1140 g/mol. The number of phosphoric ester groups is 2. The van der Waals surface area contributed by atoms with Gasteiger partial charge in [0.15, 0.2) is 12.2 Å². The van der Waals surface area contributed by atoms with Gasteiger partial charge < -0.3 is 33.8 Å². The molecule has 3 N–H and O–H groups in total. The third kappa shape index (κ3) is 60.5. The summed E-state index contributed by atoms with van der Waals surface area (Å²) in [6, 6.07) is 0. The summed E-state index contributed by atoms with van der Waals surface area (Å²) in [5.41, 5.74) is 0. The highest BCUT2D eigenvalue weighted by atomic mass is 31.2. The minimum absolute atomic E-state index is 0.0858. The number of carbonyl (C=O) groups excluding carboxylic acids is 4.